The van der Waals surface area contributed by atoms with E-state index in [-0.39, 0.29) is 10.6 Å². The van der Waals surface area contributed by atoms with Crippen LogP contribution in [0.15, 0.2) is 47.1 Å². The molecule has 0 atom stereocenters. The number of benzene rings is 1. The van der Waals surface area contributed by atoms with Gasteiger partial charge in [-0.1, -0.05) is 18.2 Å². The smallest absolute Gasteiger partial charge is 0.263 e. The van der Waals surface area contributed by atoms with Crippen LogP contribution in [-0.4, -0.2) is 26.0 Å². The van der Waals surface area contributed by atoms with E-state index in [9.17, 15) is 8.42 Å². The highest BCUT2D eigenvalue weighted by Gasteiger charge is 2.17. The fourth-order valence-electron chi connectivity index (χ4n) is 1.08. The molecule has 0 saturated heterocycles. The first-order valence-electron chi connectivity index (χ1n) is 4.49. The van der Waals surface area contributed by atoms with Crippen molar-refractivity contribution in [3.8, 4) is 0 Å². The molecule has 0 heterocycles. The van der Waals surface area contributed by atoms with Gasteiger partial charge in [0.15, 0.2) is 0 Å². The predicted molar refractivity (Wildman–Crippen MR) is 62.4 cm³/mol. The molecule has 5 nitrogen and oxygen atoms in total. The molecule has 3 N–H and O–H groups in total. The minimum absolute atomic E-state index is 0.0713. The Morgan fingerprint density at radius 1 is 1.38 bits per heavy atom. The second-order valence-electron chi connectivity index (χ2n) is 3.11. The number of rotatable bonds is 4. The van der Waals surface area contributed by atoms with Crippen LogP contribution >= 0.6 is 0 Å². The SMILES string of the molecule is CN(/C=C(/N)C=N)S(=O)(=O)c1ccccc1. The minimum Gasteiger partial charge on any atom is -0.396 e. The maximum absolute atomic E-state index is 11.9. The van der Waals surface area contributed by atoms with Crippen molar-refractivity contribution in [3.05, 3.63) is 42.2 Å². The molecule has 1 rings (SSSR count). The van der Waals surface area contributed by atoms with Gasteiger partial charge in [-0.05, 0) is 12.1 Å². The molecule has 1 aromatic rings. The van der Waals surface area contributed by atoms with Crippen LogP contribution in [0.25, 0.3) is 0 Å². The zero-order valence-electron chi connectivity index (χ0n) is 8.79. The van der Waals surface area contributed by atoms with Crippen LogP contribution in [-0.2, 0) is 10.0 Å². The Hall–Kier alpha value is -1.82. The van der Waals surface area contributed by atoms with Gasteiger partial charge in [0.1, 0.15) is 0 Å². The third-order valence-electron chi connectivity index (χ3n) is 1.92. The van der Waals surface area contributed by atoms with Crippen LogP contribution in [0.3, 0.4) is 0 Å². The molecule has 0 aliphatic rings. The topological polar surface area (TPSA) is 87.2 Å². The van der Waals surface area contributed by atoms with Gasteiger partial charge in [-0.15, -0.1) is 0 Å². The third kappa shape index (κ3) is 2.60. The van der Waals surface area contributed by atoms with Gasteiger partial charge in [0.2, 0.25) is 0 Å². The second kappa shape index (κ2) is 4.80. The Bertz CT molecular complexity index is 494. The van der Waals surface area contributed by atoms with Crippen LogP contribution < -0.4 is 5.73 Å². The molecule has 0 aliphatic carbocycles. The van der Waals surface area contributed by atoms with E-state index in [2.05, 4.69) is 0 Å². The number of sulfonamides is 1. The van der Waals surface area contributed by atoms with Gasteiger partial charge in [0, 0.05) is 19.5 Å². The molecule has 0 aliphatic heterocycles. The molecule has 0 spiro atoms. The van der Waals surface area contributed by atoms with E-state index >= 15 is 0 Å². The average molecular weight is 239 g/mol. The Balaban J connectivity index is 3.09. The summed E-state index contributed by atoms with van der Waals surface area (Å²) in [5, 5.41) is 6.87. The highest BCUT2D eigenvalue weighted by atomic mass is 32.2. The van der Waals surface area contributed by atoms with Crippen molar-refractivity contribution in [3.63, 3.8) is 0 Å². The summed E-state index contributed by atoms with van der Waals surface area (Å²) >= 11 is 0. The Kier molecular flexibility index (Phi) is 3.68. The molecule has 6 heteroatoms. The summed E-state index contributed by atoms with van der Waals surface area (Å²) in [5.41, 5.74) is 5.43. The van der Waals surface area contributed by atoms with Gasteiger partial charge in [-0.3, -0.25) is 4.31 Å². The molecule has 0 bridgehead atoms. The van der Waals surface area contributed by atoms with Crippen molar-refractivity contribution in [2.75, 3.05) is 7.05 Å². The van der Waals surface area contributed by atoms with Gasteiger partial charge in [0.05, 0.1) is 10.6 Å². The summed E-state index contributed by atoms with van der Waals surface area (Å²) < 4.78 is 24.9. The highest BCUT2D eigenvalue weighted by molar-refractivity contribution is 7.89. The van der Waals surface area contributed by atoms with Crippen LogP contribution in [0.4, 0.5) is 0 Å². The monoisotopic (exact) mass is 239 g/mol. The van der Waals surface area contributed by atoms with Crippen LogP contribution in [0.1, 0.15) is 0 Å². The normalized spacial score (nSPS) is 12.2. The number of nitrogens with two attached hydrogens (primary N) is 1. The van der Waals surface area contributed by atoms with Crippen molar-refractivity contribution in [2.24, 2.45) is 5.73 Å². The van der Waals surface area contributed by atoms with Crippen molar-refractivity contribution < 1.29 is 8.42 Å². The van der Waals surface area contributed by atoms with E-state index in [0.29, 0.717) is 0 Å². The second-order valence-corrected chi connectivity index (χ2v) is 5.11. The van der Waals surface area contributed by atoms with E-state index in [1.165, 1.54) is 25.4 Å². The maximum atomic E-state index is 11.9. The standard InChI is InChI=1S/C10H13N3O2S/c1-13(8-9(12)7-11)16(14,15)10-5-3-2-4-6-10/h2-8,11H,12H2,1H3/b9-8+,11-7?. The Morgan fingerprint density at radius 2 is 1.94 bits per heavy atom. The van der Waals surface area contributed by atoms with Gasteiger partial charge >= 0.3 is 0 Å². The van der Waals surface area contributed by atoms with Crippen LogP contribution in [0.5, 0.6) is 0 Å². The van der Waals surface area contributed by atoms with Gasteiger partial charge < -0.3 is 11.1 Å². The van der Waals surface area contributed by atoms with Gasteiger partial charge in [0.25, 0.3) is 10.0 Å². The van der Waals surface area contributed by atoms with E-state index in [1.54, 1.807) is 18.2 Å². The van der Waals surface area contributed by atoms with Crippen molar-refractivity contribution in [2.45, 2.75) is 4.90 Å². The zero-order chi connectivity index (χ0) is 12.2. The molecule has 0 radical (unpaired) electrons. The van der Waals surface area contributed by atoms with Crippen molar-refractivity contribution in [1.82, 2.24) is 4.31 Å². The molecule has 0 aromatic heterocycles. The number of allylic oxidation sites excluding steroid dienone is 1. The largest absolute Gasteiger partial charge is 0.396 e. The molecule has 0 saturated carbocycles. The number of nitrogens with zero attached hydrogens (tertiary/aromatic N) is 1. The Labute approximate surface area is 94.7 Å². The first-order chi connectivity index (χ1) is 7.48. The van der Waals surface area contributed by atoms with Crippen molar-refractivity contribution in [1.29, 1.82) is 5.41 Å². The molecule has 86 valence electrons. The first kappa shape index (κ1) is 12.3. The summed E-state index contributed by atoms with van der Waals surface area (Å²) in [4.78, 5) is 0.187. The van der Waals surface area contributed by atoms with Crippen molar-refractivity contribution >= 4 is 16.2 Å². The quantitative estimate of drug-likeness (QED) is 0.760. The van der Waals surface area contributed by atoms with Crippen LogP contribution in [0, 0.1) is 5.41 Å². The molecule has 1 aromatic carbocycles. The lowest BCUT2D eigenvalue weighted by atomic mass is 10.4. The van der Waals surface area contributed by atoms with Gasteiger partial charge in [-0.25, -0.2) is 8.42 Å². The first-order valence-corrected chi connectivity index (χ1v) is 5.93. The molecule has 0 fully saturated rings. The summed E-state index contributed by atoms with van der Waals surface area (Å²) in [7, 11) is -2.20. The van der Waals surface area contributed by atoms with Crippen LogP contribution in [0.2, 0.25) is 0 Å². The minimum atomic E-state index is -3.57. The lowest BCUT2D eigenvalue weighted by Gasteiger charge is -2.15. The predicted octanol–water partition coefficient (Wildman–Crippen LogP) is 0.757. The lowest BCUT2D eigenvalue weighted by Crippen LogP contribution is -2.23. The fraction of sp³-hybridized carbons (Fsp3) is 0.100. The molecular weight excluding hydrogens is 226 g/mol. The fourth-order valence-corrected chi connectivity index (χ4v) is 2.17. The van der Waals surface area contributed by atoms with E-state index in [0.717, 1.165) is 10.5 Å². The summed E-state index contributed by atoms with van der Waals surface area (Å²) in [6, 6.07) is 8.02. The summed E-state index contributed by atoms with van der Waals surface area (Å²) in [6.07, 6.45) is 2.08. The molecule has 0 amide bonds. The number of hydrogen-bond acceptors (Lipinski definition) is 4. The summed E-state index contributed by atoms with van der Waals surface area (Å²) in [6.45, 7) is 0. The third-order valence-corrected chi connectivity index (χ3v) is 3.65. The maximum Gasteiger partial charge on any atom is 0.263 e. The molecule has 0 unspecified atom stereocenters. The van der Waals surface area contributed by atoms with E-state index in [4.69, 9.17) is 11.1 Å². The van der Waals surface area contributed by atoms with E-state index in [1.807, 2.05) is 0 Å². The van der Waals surface area contributed by atoms with E-state index < -0.39 is 10.0 Å². The number of hydrogen-bond donors (Lipinski definition) is 2. The molecular formula is C10H13N3O2S. The zero-order valence-corrected chi connectivity index (χ0v) is 9.61. The highest BCUT2D eigenvalue weighted by Crippen LogP contribution is 2.13. The average Bonchev–Trinajstić information content (AvgIpc) is 2.29. The van der Waals surface area contributed by atoms with Gasteiger partial charge in [-0.2, -0.15) is 0 Å². The number of nitrogens with one attached hydrogen (secondary N) is 1. The summed E-state index contributed by atoms with van der Waals surface area (Å²) in [5.74, 6) is 0. The lowest BCUT2D eigenvalue weighted by molar-refractivity contribution is 0.538. The molecule has 16 heavy (non-hydrogen) atoms. The Morgan fingerprint density at radius 3 is 2.44 bits per heavy atom.